The van der Waals surface area contributed by atoms with Gasteiger partial charge in [-0.15, -0.1) is 0 Å². The number of quaternary nitrogens is 1. The van der Waals surface area contributed by atoms with Crippen LogP contribution in [0, 0.1) is 0 Å². The Labute approximate surface area is 65.9 Å². The van der Waals surface area contributed by atoms with Gasteiger partial charge in [-0.3, -0.25) is 4.79 Å². The molecule has 1 heterocycles. The molecule has 64 valence electrons. The van der Waals surface area contributed by atoms with E-state index in [9.17, 15) is 4.79 Å². The lowest BCUT2D eigenvalue weighted by molar-refractivity contribution is -0.704. The molecule has 0 amide bonds. The molecule has 1 aliphatic rings. The lowest BCUT2D eigenvalue weighted by atomic mass is 10.2. The van der Waals surface area contributed by atoms with Crippen molar-refractivity contribution in [1.82, 2.24) is 0 Å². The van der Waals surface area contributed by atoms with E-state index < -0.39 is 0 Å². The van der Waals surface area contributed by atoms with Gasteiger partial charge >= 0.3 is 5.97 Å². The number of nitrogens with two attached hydrogens (primary N) is 1. The summed E-state index contributed by atoms with van der Waals surface area (Å²) in [5.41, 5.74) is 0. The summed E-state index contributed by atoms with van der Waals surface area (Å²) in [4.78, 5) is 10.8. The second kappa shape index (κ2) is 4.31. The number of methoxy groups -OCH3 is 1. The maximum atomic E-state index is 10.8. The lowest BCUT2D eigenvalue weighted by Crippen LogP contribution is -2.93. The van der Waals surface area contributed by atoms with Crippen LogP contribution in [0.1, 0.15) is 6.42 Å². The molecule has 0 spiro atoms. The van der Waals surface area contributed by atoms with Gasteiger partial charge in [0.05, 0.1) is 33.3 Å². The molecule has 2 N–H and O–H groups in total. The molecule has 11 heavy (non-hydrogen) atoms. The van der Waals surface area contributed by atoms with Crippen LogP contribution in [-0.2, 0) is 14.3 Å². The van der Waals surface area contributed by atoms with Gasteiger partial charge < -0.3 is 14.8 Å². The summed E-state index contributed by atoms with van der Waals surface area (Å²) in [7, 11) is 1.41. The highest BCUT2D eigenvalue weighted by molar-refractivity contribution is 5.69. The van der Waals surface area contributed by atoms with E-state index in [0.29, 0.717) is 13.0 Å². The van der Waals surface area contributed by atoms with Crippen LogP contribution in [-0.4, -0.2) is 38.9 Å². The van der Waals surface area contributed by atoms with Crippen LogP contribution < -0.4 is 5.32 Å². The number of rotatable bonds is 2. The molecule has 4 nitrogen and oxygen atoms in total. The number of morpholine rings is 1. The lowest BCUT2D eigenvalue weighted by Gasteiger charge is -2.19. The monoisotopic (exact) mass is 160 g/mol. The Morgan fingerprint density at radius 3 is 3.18 bits per heavy atom. The zero-order valence-corrected chi connectivity index (χ0v) is 6.71. The molecule has 0 aromatic carbocycles. The van der Waals surface area contributed by atoms with Crippen LogP contribution in [0.5, 0.6) is 0 Å². The zero-order valence-electron chi connectivity index (χ0n) is 6.71. The highest BCUT2D eigenvalue weighted by atomic mass is 16.5. The fourth-order valence-electron chi connectivity index (χ4n) is 1.13. The number of hydrogen-bond acceptors (Lipinski definition) is 3. The first kappa shape index (κ1) is 8.49. The Balaban J connectivity index is 2.19. The van der Waals surface area contributed by atoms with Crippen LogP contribution in [0.25, 0.3) is 0 Å². The van der Waals surface area contributed by atoms with Gasteiger partial charge in [-0.1, -0.05) is 0 Å². The maximum absolute atomic E-state index is 10.8. The Morgan fingerprint density at radius 1 is 1.82 bits per heavy atom. The van der Waals surface area contributed by atoms with E-state index in [1.165, 1.54) is 7.11 Å². The third kappa shape index (κ3) is 2.86. The molecule has 0 aromatic heterocycles. The van der Waals surface area contributed by atoms with Crippen molar-refractivity contribution >= 4 is 5.97 Å². The third-order valence-corrected chi connectivity index (χ3v) is 1.75. The SMILES string of the molecule is COC(=O)CC1COCC[NH2+]1. The number of ether oxygens (including phenoxy) is 2. The minimum atomic E-state index is -0.156. The average molecular weight is 160 g/mol. The third-order valence-electron chi connectivity index (χ3n) is 1.75. The van der Waals surface area contributed by atoms with E-state index in [0.717, 1.165) is 13.2 Å². The predicted octanol–water partition coefficient (Wildman–Crippen LogP) is -1.49. The summed E-state index contributed by atoms with van der Waals surface area (Å²) < 4.78 is 9.73. The van der Waals surface area contributed by atoms with Gasteiger partial charge in [-0.25, -0.2) is 0 Å². The molecule has 0 bridgehead atoms. The van der Waals surface area contributed by atoms with Crippen molar-refractivity contribution in [1.29, 1.82) is 0 Å². The number of hydrogen-bond donors (Lipinski definition) is 1. The molecule has 0 saturated carbocycles. The molecular formula is C7H14NO3+. The van der Waals surface area contributed by atoms with Gasteiger partial charge in [0.15, 0.2) is 0 Å². The summed E-state index contributed by atoms with van der Waals surface area (Å²) >= 11 is 0. The van der Waals surface area contributed by atoms with Crippen molar-refractivity contribution in [3.05, 3.63) is 0 Å². The van der Waals surface area contributed by atoms with Crippen LogP contribution in [0.3, 0.4) is 0 Å². The van der Waals surface area contributed by atoms with E-state index in [-0.39, 0.29) is 12.0 Å². The van der Waals surface area contributed by atoms with E-state index in [1.54, 1.807) is 0 Å². The smallest absolute Gasteiger partial charge is 0.311 e. The first-order chi connectivity index (χ1) is 5.33. The van der Waals surface area contributed by atoms with Gasteiger partial charge in [0.2, 0.25) is 0 Å². The Kier molecular flexibility index (Phi) is 3.32. The van der Waals surface area contributed by atoms with Gasteiger partial charge in [0.1, 0.15) is 6.04 Å². The fraction of sp³-hybridized carbons (Fsp3) is 0.857. The van der Waals surface area contributed by atoms with E-state index in [1.807, 2.05) is 0 Å². The van der Waals surface area contributed by atoms with Crippen molar-refractivity contribution in [2.75, 3.05) is 26.9 Å². The number of esters is 1. The van der Waals surface area contributed by atoms with Crippen LogP contribution in [0.4, 0.5) is 0 Å². The summed E-state index contributed by atoms with van der Waals surface area (Å²) in [6.07, 6.45) is 0.455. The van der Waals surface area contributed by atoms with Crippen molar-refractivity contribution in [2.45, 2.75) is 12.5 Å². The highest BCUT2D eigenvalue weighted by Gasteiger charge is 2.20. The topological polar surface area (TPSA) is 52.1 Å². The summed E-state index contributed by atoms with van der Waals surface area (Å²) in [5, 5.41) is 2.13. The zero-order chi connectivity index (χ0) is 8.10. The van der Waals surface area contributed by atoms with Crippen LogP contribution >= 0.6 is 0 Å². The average Bonchev–Trinajstić information content (AvgIpc) is 2.06. The standard InChI is InChI=1S/C7H13NO3/c1-10-7(9)4-6-5-11-3-2-8-6/h6,8H,2-5H2,1H3/p+1. The Morgan fingerprint density at radius 2 is 2.64 bits per heavy atom. The largest absolute Gasteiger partial charge is 0.469 e. The fourth-order valence-corrected chi connectivity index (χ4v) is 1.13. The van der Waals surface area contributed by atoms with Gasteiger partial charge in [-0.05, 0) is 0 Å². The molecule has 4 heteroatoms. The predicted molar refractivity (Wildman–Crippen MR) is 38.0 cm³/mol. The summed E-state index contributed by atoms with van der Waals surface area (Å²) in [6, 6.07) is 0.260. The summed E-state index contributed by atoms with van der Waals surface area (Å²) in [5.74, 6) is -0.156. The van der Waals surface area contributed by atoms with E-state index >= 15 is 0 Å². The molecule has 1 aliphatic heterocycles. The molecule has 1 rings (SSSR count). The van der Waals surface area contributed by atoms with Crippen LogP contribution in [0.2, 0.25) is 0 Å². The molecule has 1 atom stereocenters. The Hall–Kier alpha value is -0.610. The van der Waals surface area contributed by atoms with Crippen molar-refractivity contribution in [3.8, 4) is 0 Å². The van der Waals surface area contributed by atoms with Gasteiger partial charge in [0, 0.05) is 0 Å². The van der Waals surface area contributed by atoms with Crippen molar-refractivity contribution < 1.29 is 19.6 Å². The molecule has 1 unspecified atom stereocenters. The summed E-state index contributed by atoms with van der Waals surface area (Å²) in [6.45, 7) is 2.40. The number of carbonyl (C=O) groups is 1. The van der Waals surface area contributed by atoms with E-state index in [2.05, 4.69) is 10.1 Å². The molecule has 1 fully saturated rings. The normalized spacial score (nSPS) is 24.6. The first-order valence-corrected chi connectivity index (χ1v) is 3.81. The number of carbonyl (C=O) groups excluding carboxylic acids is 1. The van der Waals surface area contributed by atoms with Crippen LogP contribution in [0.15, 0.2) is 0 Å². The van der Waals surface area contributed by atoms with Gasteiger partial charge in [0.25, 0.3) is 0 Å². The van der Waals surface area contributed by atoms with E-state index in [4.69, 9.17) is 4.74 Å². The molecule has 0 radical (unpaired) electrons. The molecular weight excluding hydrogens is 146 g/mol. The highest BCUT2D eigenvalue weighted by Crippen LogP contribution is 1.93. The van der Waals surface area contributed by atoms with Crippen molar-refractivity contribution in [2.24, 2.45) is 0 Å². The van der Waals surface area contributed by atoms with Gasteiger partial charge in [-0.2, -0.15) is 0 Å². The molecule has 1 saturated heterocycles. The maximum Gasteiger partial charge on any atom is 0.311 e. The minimum Gasteiger partial charge on any atom is -0.469 e. The minimum absolute atomic E-state index is 0.156. The second-order valence-corrected chi connectivity index (χ2v) is 2.64. The van der Waals surface area contributed by atoms with Crippen molar-refractivity contribution in [3.63, 3.8) is 0 Å². The second-order valence-electron chi connectivity index (χ2n) is 2.64. The first-order valence-electron chi connectivity index (χ1n) is 3.81. The quantitative estimate of drug-likeness (QED) is 0.501. The molecule has 0 aliphatic carbocycles. The molecule has 0 aromatic rings. The Bertz CT molecular complexity index is 132.